The lowest BCUT2D eigenvalue weighted by molar-refractivity contribution is -0.123. The third-order valence-corrected chi connectivity index (χ3v) is 7.17. The molecule has 1 N–H and O–H groups in total. The number of carbonyl (C=O) groups is 3. The second kappa shape index (κ2) is 12.1. The first-order chi connectivity index (χ1) is 18.2. The van der Waals surface area contributed by atoms with E-state index in [1.165, 1.54) is 43.5 Å². The maximum atomic E-state index is 14.2. The molecule has 1 fully saturated rings. The van der Waals surface area contributed by atoms with Crippen LogP contribution in [-0.4, -0.2) is 35.7 Å². The Hall–Kier alpha value is -3.24. The van der Waals surface area contributed by atoms with Crippen molar-refractivity contribution >= 4 is 75.4 Å². The quantitative estimate of drug-likeness (QED) is 0.281. The zero-order valence-electron chi connectivity index (χ0n) is 19.6. The Kier molecular flexibility index (Phi) is 8.83. The molecule has 3 aromatic rings. The summed E-state index contributed by atoms with van der Waals surface area (Å²) >= 11 is 19.2. The molecule has 0 aromatic heterocycles. The fourth-order valence-electron chi connectivity index (χ4n) is 3.48. The summed E-state index contributed by atoms with van der Waals surface area (Å²) in [5.41, 5.74) is 0.916. The molecule has 3 aromatic carbocycles. The Bertz CT molecular complexity index is 1450. The fraction of sp³-hybridized carbons (Fsp3) is 0.115. The zero-order chi connectivity index (χ0) is 27.4. The van der Waals surface area contributed by atoms with Crippen LogP contribution in [0.3, 0.4) is 0 Å². The summed E-state index contributed by atoms with van der Waals surface area (Å²) in [5.74, 6) is -1.38. The van der Waals surface area contributed by atoms with E-state index in [4.69, 9.17) is 44.3 Å². The molecule has 0 spiro atoms. The van der Waals surface area contributed by atoms with Crippen LogP contribution in [0.15, 0.2) is 59.5 Å². The van der Waals surface area contributed by atoms with Gasteiger partial charge in [0.15, 0.2) is 18.1 Å². The number of rotatable bonds is 8. The highest BCUT2D eigenvalue weighted by atomic mass is 35.5. The van der Waals surface area contributed by atoms with Gasteiger partial charge >= 0.3 is 0 Å². The minimum atomic E-state index is -0.617. The van der Waals surface area contributed by atoms with E-state index in [1.54, 1.807) is 24.3 Å². The van der Waals surface area contributed by atoms with Crippen LogP contribution in [0.4, 0.5) is 14.9 Å². The number of nitrogens with zero attached hydrogens (tertiary/aromatic N) is 1. The van der Waals surface area contributed by atoms with Gasteiger partial charge in [0.2, 0.25) is 0 Å². The van der Waals surface area contributed by atoms with Crippen LogP contribution in [0, 0.1) is 5.82 Å². The van der Waals surface area contributed by atoms with Crippen LogP contribution < -0.4 is 14.8 Å². The van der Waals surface area contributed by atoms with Crippen LogP contribution in [-0.2, 0) is 16.1 Å². The number of nitrogens with one attached hydrogen (secondary N) is 1. The Labute approximate surface area is 236 Å². The number of para-hydroxylation sites is 1. The number of hydrogen-bond acceptors (Lipinski definition) is 6. The predicted octanol–water partition coefficient (Wildman–Crippen LogP) is 7.05. The number of halogens is 4. The van der Waals surface area contributed by atoms with Crippen molar-refractivity contribution in [1.29, 1.82) is 0 Å². The highest BCUT2D eigenvalue weighted by Gasteiger charge is 2.36. The molecule has 0 radical (unpaired) electrons. The predicted molar refractivity (Wildman–Crippen MR) is 147 cm³/mol. The summed E-state index contributed by atoms with van der Waals surface area (Å²) in [7, 11) is 1.39. The Morgan fingerprint density at radius 2 is 1.79 bits per heavy atom. The molecule has 1 heterocycles. The maximum Gasteiger partial charge on any atom is 0.293 e. The zero-order valence-corrected chi connectivity index (χ0v) is 22.7. The van der Waals surface area contributed by atoms with Crippen LogP contribution in [0.2, 0.25) is 15.1 Å². The van der Waals surface area contributed by atoms with Gasteiger partial charge in [-0.3, -0.25) is 19.3 Å². The maximum absolute atomic E-state index is 14.2. The van der Waals surface area contributed by atoms with E-state index in [2.05, 4.69) is 5.32 Å². The average Bonchev–Trinajstić information content (AvgIpc) is 3.13. The van der Waals surface area contributed by atoms with Gasteiger partial charge < -0.3 is 14.8 Å². The molecule has 3 amide bonds. The highest BCUT2D eigenvalue weighted by Crippen LogP contribution is 2.39. The van der Waals surface area contributed by atoms with Gasteiger partial charge in [0.05, 0.1) is 34.3 Å². The summed E-state index contributed by atoms with van der Waals surface area (Å²) < 4.78 is 25.1. The summed E-state index contributed by atoms with van der Waals surface area (Å²) in [6.07, 6.45) is 1.45. The largest absolute Gasteiger partial charge is 0.493 e. The van der Waals surface area contributed by atoms with Gasteiger partial charge in [-0.05, 0) is 59.8 Å². The molecule has 1 saturated heterocycles. The molecule has 196 valence electrons. The van der Waals surface area contributed by atoms with Crippen molar-refractivity contribution < 1.29 is 28.2 Å². The van der Waals surface area contributed by atoms with Crippen molar-refractivity contribution in [3.05, 3.63) is 91.5 Å². The van der Waals surface area contributed by atoms with E-state index in [9.17, 15) is 18.8 Å². The number of amides is 3. The van der Waals surface area contributed by atoms with Crippen molar-refractivity contribution in [1.82, 2.24) is 4.90 Å². The molecule has 0 saturated carbocycles. The topological polar surface area (TPSA) is 84.9 Å². The molecule has 12 heteroatoms. The van der Waals surface area contributed by atoms with Crippen LogP contribution in [0.25, 0.3) is 6.08 Å². The minimum absolute atomic E-state index is 0.0440. The van der Waals surface area contributed by atoms with Gasteiger partial charge in [-0.1, -0.05) is 53.0 Å². The second-order valence-electron chi connectivity index (χ2n) is 7.82. The van der Waals surface area contributed by atoms with Crippen molar-refractivity contribution in [3.63, 3.8) is 0 Å². The molecule has 7 nitrogen and oxygen atoms in total. The molecule has 0 bridgehead atoms. The number of benzene rings is 3. The molecule has 4 rings (SSSR count). The van der Waals surface area contributed by atoms with Gasteiger partial charge in [-0.2, -0.15) is 0 Å². The molecule has 0 unspecified atom stereocenters. The number of hydrogen-bond donors (Lipinski definition) is 1. The number of anilines is 1. The van der Waals surface area contributed by atoms with Crippen LogP contribution >= 0.6 is 46.6 Å². The van der Waals surface area contributed by atoms with E-state index in [0.717, 1.165) is 4.90 Å². The lowest BCUT2D eigenvalue weighted by atomic mass is 10.1. The van der Waals surface area contributed by atoms with E-state index in [1.807, 2.05) is 0 Å². The number of imide groups is 1. The fourth-order valence-corrected chi connectivity index (χ4v) is 5.00. The van der Waals surface area contributed by atoms with Gasteiger partial charge in [-0.25, -0.2) is 4.39 Å². The first kappa shape index (κ1) is 27.8. The van der Waals surface area contributed by atoms with Crippen molar-refractivity contribution in [2.75, 3.05) is 19.0 Å². The first-order valence-corrected chi connectivity index (χ1v) is 12.9. The molecule has 0 aliphatic carbocycles. The van der Waals surface area contributed by atoms with E-state index in [0.29, 0.717) is 28.0 Å². The van der Waals surface area contributed by atoms with E-state index < -0.39 is 22.9 Å². The molecule has 38 heavy (non-hydrogen) atoms. The van der Waals surface area contributed by atoms with Crippen LogP contribution in [0.5, 0.6) is 11.5 Å². The first-order valence-electron chi connectivity index (χ1n) is 10.9. The third-order valence-electron chi connectivity index (χ3n) is 5.30. The molecule has 1 aliphatic rings. The van der Waals surface area contributed by atoms with Crippen molar-refractivity contribution in [3.8, 4) is 11.5 Å². The average molecular weight is 596 g/mol. The standard InChI is InChI=1S/C26H18Cl3FN2O5S/c1-36-21-10-14(9-18(29)24(21)37-13-23(33)31-20-8-3-2-5-17(20)28)11-22-25(34)32(26(35)38-22)12-15-16(27)6-4-7-19(15)30/h2-11H,12-13H2,1H3,(H,31,33)/b22-11-. The Balaban J connectivity index is 1.49. The Morgan fingerprint density at radius 1 is 1.05 bits per heavy atom. The molecule has 0 atom stereocenters. The summed E-state index contributed by atoms with van der Waals surface area (Å²) in [6, 6.07) is 13.9. The SMILES string of the molecule is COc1cc(/C=C2\SC(=O)N(Cc3c(F)cccc3Cl)C2=O)cc(Cl)c1OCC(=O)Nc1ccccc1Cl. The van der Waals surface area contributed by atoms with E-state index >= 15 is 0 Å². The summed E-state index contributed by atoms with van der Waals surface area (Å²) in [6.45, 7) is -0.682. The van der Waals surface area contributed by atoms with Crippen molar-refractivity contribution in [2.24, 2.45) is 0 Å². The lowest BCUT2D eigenvalue weighted by Crippen LogP contribution is -2.28. The molecule has 1 aliphatic heterocycles. The number of ether oxygens (including phenoxy) is 2. The van der Waals surface area contributed by atoms with Crippen molar-refractivity contribution in [2.45, 2.75) is 6.54 Å². The number of carbonyl (C=O) groups excluding carboxylic acids is 3. The number of methoxy groups -OCH3 is 1. The van der Waals surface area contributed by atoms with Crippen LogP contribution in [0.1, 0.15) is 11.1 Å². The number of thioether (sulfide) groups is 1. The highest BCUT2D eigenvalue weighted by molar-refractivity contribution is 8.18. The lowest BCUT2D eigenvalue weighted by Gasteiger charge is -2.14. The van der Waals surface area contributed by atoms with Gasteiger partial charge in [0, 0.05) is 10.6 Å². The van der Waals surface area contributed by atoms with Gasteiger partial charge in [0.25, 0.3) is 17.1 Å². The van der Waals surface area contributed by atoms with Gasteiger partial charge in [-0.15, -0.1) is 0 Å². The second-order valence-corrected chi connectivity index (χ2v) is 10.0. The third kappa shape index (κ3) is 6.24. The van der Waals surface area contributed by atoms with Gasteiger partial charge in [0.1, 0.15) is 5.82 Å². The summed E-state index contributed by atoms with van der Waals surface area (Å²) in [5, 5.41) is 2.67. The summed E-state index contributed by atoms with van der Waals surface area (Å²) in [4.78, 5) is 38.8. The smallest absolute Gasteiger partial charge is 0.293 e. The monoisotopic (exact) mass is 594 g/mol. The molecular weight excluding hydrogens is 578 g/mol. The Morgan fingerprint density at radius 3 is 2.50 bits per heavy atom. The van der Waals surface area contributed by atoms with E-state index in [-0.39, 0.29) is 45.2 Å². The minimum Gasteiger partial charge on any atom is -0.493 e. The molecular formula is C26H18Cl3FN2O5S. The normalized spacial score (nSPS) is 14.2.